The Morgan fingerprint density at radius 1 is 0.850 bits per heavy atom. The van der Waals surface area contributed by atoms with Crippen molar-refractivity contribution >= 4 is 9.84 Å². The smallest absolute Gasteiger partial charge is 0.175 e. The lowest BCUT2D eigenvalue weighted by Gasteiger charge is -2.09. The van der Waals surface area contributed by atoms with Gasteiger partial charge in [0.2, 0.25) is 0 Å². The van der Waals surface area contributed by atoms with Crippen LogP contribution in [-0.2, 0) is 9.84 Å². The van der Waals surface area contributed by atoms with Crippen molar-refractivity contribution in [1.29, 1.82) is 0 Å². The lowest BCUT2D eigenvalue weighted by Crippen LogP contribution is -2.09. The van der Waals surface area contributed by atoms with Gasteiger partial charge in [-0.3, -0.25) is 0 Å². The summed E-state index contributed by atoms with van der Waals surface area (Å²) < 4.78 is 33.8. The molecule has 2 rings (SSSR count). The van der Waals surface area contributed by atoms with Gasteiger partial charge in [-0.2, -0.15) is 0 Å². The molecule has 0 heterocycles. The molecule has 0 amide bonds. The molecule has 106 valence electrons. The van der Waals surface area contributed by atoms with Crippen LogP contribution in [0.1, 0.15) is 0 Å². The molecule has 0 aliphatic carbocycles. The van der Waals surface area contributed by atoms with E-state index >= 15 is 0 Å². The monoisotopic (exact) mass is 292 g/mol. The van der Waals surface area contributed by atoms with Crippen LogP contribution in [0.5, 0.6) is 11.5 Å². The molecule has 4 nitrogen and oxygen atoms in total. The number of hydrogen-bond donors (Lipinski definition) is 0. The van der Waals surface area contributed by atoms with Gasteiger partial charge in [-0.1, -0.05) is 24.3 Å². The second-order valence-corrected chi connectivity index (χ2v) is 6.27. The first kappa shape index (κ1) is 14.4. The Morgan fingerprint density at radius 3 is 2.10 bits per heavy atom. The molecule has 0 fully saturated rings. The van der Waals surface area contributed by atoms with Gasteiger partial charge >= 0.3 is 0 Å². The van der Waals surface area contributed by atoms with Crippen LogP contribution < -0.4 is 9.47 Å². The van der Waals surface area contributed by atoms with E-state index in [0.717, 1.165) is 5.75 Å². The van der Waals surface area contributed by atoms with Gasteiger partial charge < -0.3 is 9.47 Å². The highest BCUT2D eigenvalue weighted by molar-refractivity contribution is 7.90. The molecular formula is C15H16O4S. The predicted molar refractivity (Wildman–Crippen MR) is 77.0 cm³/mol. The molecule has 2 aromatic carbocycles. The molecule has 0 saturated heterocycles. The molecule has 0 N–H and O–H groups in total. The summed E-state index contributed by atoms with van der Waals surface area (Å²) in [6.45, 7) is 0.745. The van der Waals surface area contributed by atoms with Crippen LogP contribution in [0.25, 0.3) is 0 Å². The summed E-state index contributed by atoms with van der Waals surface area (Å²) in [5.41, 5.74) is 0. The van der Waals surface area contributed by atoms with E-state index in [-0.39, 0.29) is 4.90 Å². The lowest BCUT2D eigenvalue weighted by molar-refractivity contribution is 0.217. The Morgan fingerprint density at radius 2 is 1.45 bits per heavy atom. The van der Waals surface area contributed by atoms with Gasteiger partial charge in [0.15, 0.2) is 9.84 Å². The summed E-state index contributed by atoms with van der Waals surface area (Å²) in [5, 5.41) is 0. The van der Waals surface area contributed by atoms with E-state index in [1.165, 1.54) is 12.3 Å². The normalized spacial score (nSPS) is 11.1. The fourth-order valence-electron chi connectivity index (χ4n) is 1.63. The number of benzene rings is 2. The van der Waals surface area contributed by atoms with Crippen molar-refractivity contribution in [2.24, 2.45) is 0 Å². The summed E-state index contributed by atoms with van der Waals surface area (Å²) in [5.74, 6) is 1.30. The molecule has 2 aromatic rings. The third-order valence-electron chi connectivity index (χ3n) is 2.60. The Hall–Kier alpha value is -2.01. The SMILES string of the molecule is CS(=O)(=O)c1cccc(OCCOc2ccccc2)c1. The number of sulfone groups is 1. The average Bonchev–Trinajstić information content (AvgIpc) is 2.44. The van der Waals surface area contributed by atoms with Crippen molar-refractivity contribution in [2.45, 2.75) is 4.90 Å². The first-order chi connectivity index (χ1) is 9.55. The van der Waals surface area contributed by atoms with Crippen molar-refractivity contribution in [3.63, 3.8) is 0 Å². The zero-order valence-corrected chi connectivity index (χ0v) is 12.0. The Bertz CT molecular complexity index is 651. The van der Waals surface area contributed by atoms with Crippen molar-refractivity contribution in [2.75, 3.05) is 19.5 Å². The highest BCUT2D eigenvalue weighted by atomic mass is 32.2. The van der Waals surface area contributed by atoms with Crippen LogP contribution in [0.3, 0.4) is 0 Å². The van der Waals surface area contributed by atoms with Gasteiger partial charge in [0, 0.05) is 6.26 Å². The third-order valence-corrected chi connectivity index (χ3v) is 3.71. The second-order valence-electron chi connectivity index (χ2n) is 4.26. The minimum absolute atomic E-state index is 0.249. The predicted octanol–water partition coefficient (Wildman–Crippen LogP) is 2.55. The maximum atomic E-state index is 11.4. The zero-order valence-electron chi connectivity index (χ0n) is 11.2. The summed E-state index contributed by atoms with van der Waals surface area (Å²) in [6.07, 6.45) is 1.17. The number of rotatable bonds is 6. The zero-order chi connectivity index (χ0) is 14.4. The van der Waals surface area contributed by atoms with Gasteiger partial charge in [0.25, 0.3) is 0 Å². The van der Waals surface area contributed by atoms with Crippen LogP contribution in [0, 0.1) is 0 Å². The van der Waals surface area contributed by atoms with Gasteiger partial charge in [-0.15, -0.1) is 0 Å². The second kappa shape index (κ2) is 6.43. The summed E-state index contributed by atoms with van der Waals surface area (Å²) in [4.78, 5) is 0.249. The van der Waals surface area contributed by atoms with Crippen molar-refractivity contribution in [3.05, 3.63) is 54.6 Å². The quantitative estimate of drug-likeness (QED) is 0.768. The Kier molecular flexibility index (Phi) is 4.63. The van der Waals surface area contributed by atoms with Crippen molar-refractivity contribution < 1.29 is 17.9 Å². The third kappa shape index (κ3) is 4.28. The fourth-order valence-corrected chi connectivity index (χ4v) is 2.29. The van der Waals surface area contributed by atoms with Crippen LogP contribution in [-0.4, -0.2) is 27.9 Å². The minimum Gasteiger partial charge on any atom is -0.490 e. The highest BCUT2D eigenvalue weighted by Gasteiger charge is 2.07. The number of para-hydroxylation sites is 1. The highest BCUT2D eigenvalue weighted by Crippen LogP contribution is 2.17. The molecule has 0 atom stereocenters. The van der Waals surface area contributed by atoms with Gasteiger partial charge in [0.1, 0.15) is 24.7 Å². The first-order valence-corrected chi connectivity index (χ1v) is 8.05. The van der Waals surface area contributed by atoms with Crippen LogP contribution >= 0.6 is 0 Å². The standard InChI is InChI=1S/C15H16O4S/c1-20(16,17)15-9-5-8-14(12-15)19-11-10-18-13-6-3-2-4-7-13/h2-9,12H,10-11H2,1H3. The van der Waals surface area contributed by atoms with E-state index in [1.54, 1.807) is 18.2 Å². The molecule has 0 aromatic heterocycles. The first-order valence-electron chi connectivity index (χ1n) is 6.16. The molecule has 5 heteroatoms. The maximum absolute atomic E-state index is 11.4. The number of hydrogen-bond acceptors (Lipinski definition) is 4. The van der Waals surface area contributed by atoms with E-state index in [2.05, 4.69) is 0 Å². The summed E-state index contributed by atoms with van der Waals surface area (Å²) in [7, 11) is -3.21. The summed E-state index contributed by atoms with van der Waals surface area (Å²) in [6, 6.07) is 15.9. The van der Waals surface area contributed by atoms with Crippen LogP contribution in [0.2, 0.25) is 0 Å². The molecule has 0 aliphatic rings. The van der Waals surface area contributed by atoms with Crippen LogP contribution in [0.4, 0.5) is 0 Å². The number of ether oxygens (including phenoxy) is 2. The fraction of sp³-hybridized carbons (Fsp3) is 0.200. The summed E-state index contributed by atoms with van der Waals surface area (Å²) >= 11 is 0. The van der Waals surface area contributed by atoms with Gasteiger partial charge in [-0.05, 0) is 30.3 Å². The van der Waals surface area contributed by atoms with E-state index < -0.39 is 9.84 Å². The molecule has 0 unspecified atom stereocenters. The maximum Gasteiger partial charge on any atom is 0.175 e. The molecule has 0 bridgehead atoms. The Labute approximate surface area is 118 Å². The minimum atomic E-state index is -3.21. The van der Waals surface area contributed by atoms with E-state index in [1.807, 2.05) is 30.3 Å². The molecule has 0 spiro atoms. The Balaban J connectivity index is 1.86. The molecule has 0 radical (unpaired) electrons. The van der Waals surface area contributed by atoms with E-state index in [4.69, 9.17) is 9.47 Å². The molecular weight excluding hydrogens is 276 g/mol. The largest absolute Gasteiger partial charge is 0.490 e. The molecule has 0 saturated carbocycles. The lowest BCUT2D eigenvalue weighted by atomic mass is 10.3. The van der Waals surface area contributed by atoms with Crippen molar-refractivity contribution in [3.8, 4) is 11.5 Å². The van der Waals surface area contributed by atoms with E-state index in [0.29, 0.717) is 19.0 Å². The van der Waals surface area contributed by atoms with Gasteiger partial charge in [-0.25, -0.2) is 8.42 Å². The molecule has 0 aliphatic heterocycles. The van der Waals surface area contributed by atoms with E-state index in [9.17, 15) is 8.42 Å². The molecule has 20 heavy (non-hydrogen) atoms. The topological polar surface area (TPSA) is 52.6 Å². The van der Waals surface area contributed by atoms with Crippen molar-refractivity contribution in [1.82, 2.24) is 0 Å². The van der Waals surface area contributed by atoms with Crippen LogP contribution in [0.15, 0.2) is 59.5 Å². The van der Waals surface area contributed by atoms with Gasteiger partial charge in [0.05, 0.1) is 4.90 Å². The average molecular weight is 292 g/mol.